The van der Waals surface area contributed by atoms with E-state index in [2.05, 4.69) is 4.52 Å². The van der Waals surface area contributed by atoms with Crippen LogP contribution < -0.4 is 0 Å². The lowest BCUT2D eigenvalue weighted by atomic mass is 10.8. The second-order valence-electron chi connectivity index (χ2n) is 0.769. The molecule has 1 N–H and O–H groups in total. The van der Waals surface area contributed by atoms with Crippen LogP contribution in [0.4, 0.5) is 0 Å². The van der Waals surface area contributed by atoms with Crippen molar-refractivity contribution in [3.63, 3.8) is 0 Å². The van der Waals surface area contributed by atoms with Gasteiger partial charge in [-0.3, -0.25) is 0 Å². The fourth-order valence-electron chi connectivity index (χ4n) is 0.113. The van der Waals surface area contributed by atoms with Crippen molar-refractivity contribution in [1.82, 2.24) is 0 Å². The van der Waals surface area contributed by atoms with Gasteiger partial charge in [0, 0.05) is 0 Å². The van der Waals surface area contributed by atoms with E-state index in [0.29, 0.717) is 0 Å². The fourth-order valence-corrected chi connectivity index (χ4v) is 0.545. The minimum Gasteiger partial charge on any atom is -0.394 e. The van der Waals surface area contributed by atoms with E-state index in [9.17, 15) is 4.57 Å². The molecule has 1 atom stereocenters. The van der Waals surface area contributed by atoms with E-state index in [1.54, 1.807) is 0 Å². The van der Waals surface area contributed by atoms with Crippen LogP contribution in [0.3, 0.4) is 0 Å². The van der Waals surface area contributed by atoms with Crippen LogP contribution in [-0.4, -0.2) is 18.3 Å². The van der Waals surface area contributed by atoms with Crippen molar-refractivity contribution in [3.8, 4) is 0 Å². The van der Waals surface area contributed by atoms with Crippen LogP contribution in [0.1, 0.15) is 0 Å². The smallest absolute Gasteiger partial charge is 0.394 e. The third kappa shape index (κ3) is 6.31. The molecule has 0 saturated heterocycles. The van der Waals surface area contributed by atoms with Crippen molar-refractivity contribution in [3.05, 3.63) is 0 Å². The first kappa shape index (κ1) is 7.31. The van der Waals surface area contributed by atoms with Crippen molar-refractivity contribution in [2.45, 2.75) is 0 Å². The van der Waals surface area contributed by atoms with Crippen molar-refractivity contribution in [2.75, 3.05) is 13.2 Å². The molecular weight excluding hydrogens is 138 g/mol. The Kier molecular flexibility index (Phi) is 4.67. The fraction of sp³-hybridized carbons (Fsp3) is 1.00. The Labute approximate surface area is 46.9 Å². The molecule has 0 heterocycles. The highest BCUT2D eigenvalue weighted by Crippen LogP contribution is 2.26. The van der Waals surface area contributed by atoms with Gasteiger partial charge in [-0.15, -0.1) is 4.52 Å². The zero-order chi connectivity index (χ0) is 5.70. The Morgan fingerprint density at radius 3 is 2.57 bits per heavy atom. The molecule has 0 aromatic rings. The van der Waals surface area contributed by atoms with E-state index >= 15 is 0 Å². The molecule has 7 heavy (non-hydrogen) atoms. The highest BCUT2D eigenvalue weighted by molar-refractivity contribution is 7.69. The number of aliphatic hydroxyl groups excluding tert-OH is 1. The molecule has 0 amide bonds. The maximum Gasteiger partial charge on any atom is 0.633 e. The molecule has 0 rings (SSSR count). The van der Waals surface area contributed by atoms with E-state index in [1.165, 1.54) is 0 Å². The Morgan fingerprint density at radius 1 is 1.86 bits per heavy atom. The number of rotatable bonds is 3. The Morgan fingerprint density at radius 2 is 2.43 bits per heavy atom. The minimum atomic E-state index is -2.04. The summed E-state index contributed by atoms with van der Waals surface area (Å²) in [6.07, 6.45) is 0. The second kappa shape index (κ2) is 4.47. The highest BCUT2D eigenvalue weighted by atomic mass is 35.7. The highest BCUT2D eigenvalue weighted by Gasteiger charge is 2.09. The minimum absolute atomic E-state index is 0.0404. The molecule has 1 unspecified atom stereocenters. The van der Waals surface area contributed by atoms with E-state index in [4.69, 9.17) is 16.3 Å². The van der Waals surface area contributed by atoms with Gasteiger partial charge >= 0.3 is 7.38 Å². The second-order valence-corrected chi connectivity index (χ2v) is 2.28. The molecule has 42 valence electrons. The van der Waals surface area contributed by atoms with Crippen LogP contribution in [0.2, 0.25) is 0 Å². The van der Waals surface area contributed by atoms with Crippen LogP contribution in [-0.2, 0) is 9.09 Å². The normalized spacial score (nSPS) is 11.4. The molecule has 0 bridgehead atoms. The molecular formula is C2H5ClO3P+. The molecule has 0 aliphatic heterocycles. The van der Waals surface area contributed by atoms with Gasteiger partial charge in [0.15, 0.2) is 0 Å². The first-order valence-corrected chi connectivity index (χ1v) is 3.72. The molecule has 3 nitrogen and oxygen atoms in total. The van der Waals surface area contributed by atoms with Crippen molar-refractivity contribution in [2.24, 2.45) is 0 Å². The van der Waals surface area contributed by atoms with Crippen molar-refractivity contribution in [1.29, 1.82) is 0 Å². The molecule has 0 spiro atoms. The standard InChI is InChI=1S/C2H5ClO3P/c3-7(5)6-2-1-4/h4H,1-2H2/q+1. The summed E-state index contributed by atoms with van der Waals surface area (Å²) >= 11 is 4.83. The molecule has 0 aromatic heterocycles. The Balaban J connectivity index is 2.82. The van der Waals surface area contributed by atoms with Gasteiger partial charge in [0.1, 0.15) is 6.61 Å². The summed E-state index contributed by atoms with van der Waals surface area (Å²) in [5.41, 5.74) is 0. The predicted octanol–water partition coefficient (Wildman–Crippen LogP) is 0.891. The lowest BCUT2D eigenvalue weighted by molar-refractivity contribution is 0.211. The van der Waals surface area contributed by atoms with E-state index in [1.807, 2.05) is 0 Å². The average Bonchev–Trinajstić information content (AvgIpc) is 1.61. The lowest BCUT2D eigenvalue weighted by Gasteiger charge is -1.76. The largest absolute Gasteiger partial charge is 0.633 e. The van der Waals surface area contributed by atoms with Gasteiger partial charge < -0.3 is 5.11 Å². The monoisotopic (exact) mass is 143 g/mol. The topological polar surface area (TPSA) is 46.5 Å². The molecule has 0 aromatic carbocycles. The number of hydrogen-bond donors (Lipinski definition) is 1. The van der Waals surface area contributed by atoms with Crippen LogP contribution in [0.25, 0.3) is 0 Å². The number of hydrogen-bond acceptors (Lipinski definition) is 3. The quantitative estimate of drug-likeness (QED) is 0.597. The molecule has 0 fully saturated rings. The SMILES string of the molecule is O=[P+](Cl)OCCO. The third-order valence-corrected chi connectivity index (χ3v) is 0.962. The summed E-state index contributed by atoms with van der Waals surface area (Å²) in [6.45, 7) is -0.105. The Bertz CT molecular complexity index is 66.0. The van der Waals surface area contributed by atoms with Gasteiger partial charge in [-0.25, -0.2) is 0 Å². The third-order valence-electron chi connectivity index (χ3n) is 0.284. The first-order valence-electron chi connectivity index (χ1n) is 1.64. The van der Waals surface area contributed by atoms with Gasteiger partial charge in [0.2, 0.25) is 11.2 Å². The van der Waals surface area contributed by atoms with E-state index in [0.717, 1.165) is 0 Å². The van der Waals surface area contributed by atoms with Crippen molar-refractivity contribution >= 4 is 18.6 Å². The van der Waals surface area contributed by atoms with E-state index < -0.39 is 7.38 Å². The van der Waals surface area contributed by atoms with E-state index in [-0.39, 0.29) is 13.2 Å². The van der Waals surface area contributed by atoms with Crippen LogP contribution in [0.5, 0.6) is 0 Å². The molecule has 0 saturated carbocycles. The number of aliphatic hydroxyl groups is 1. The maximum absolute atomic E-state index is 9.78. The lowest BCUT2D eigenvalue weighted by Crippen LogP contribution is -1.89. The average molecular weight is 143 g/mol. The molecule has 0 aliphatic rings. The van der Waals surface area contributed by atoms with Crippen LogP contribution in [0.15, 0.2) is 0 Å². The summed E-state index contributed by atoms with van der Waals surface area (Å²) in [7, 11) is -2.04. The summed E-state index contributed by atoms with van der Waals surface area (Å²) in [6, 6.07) is 0. The van der Waals surface area contributed by atoms with Crippen molar-refractivity contribution < 1.29 is 14.2 Å². The first-order chi connectivity index (χ1) is 3.27. The zero-order valence-electron chi connectivity index (χ0n) is 3.50. The van der Waals surface area contributed by atoms with Gasteiger partial charge in [0.05, 0.1) is 6.61 Å². The number of halogens is 1. The van der Waals surface area contributed by atoms with Crippen LogP contribution >= 0.6 is 18.6 Å². The molecule has 5 heteroatoms. The summed E-state index contributed by atoms with van der Waals surface area (Å²) in [4.78, 5) is 0. The Hall–Kier alpha value is 0.310. The predicted molar refractivity (Wildman–Crippen MR) is 26.5 cm³/mol. The molecule has 0 radical (unpaired) electrons. The van der Waals surface area contributed by atoms with Gasteiger partial charge in [-0.2, -0.15) is 0 Å². The molecule has 0 aliphatic carbocycles. The summed E-state index contributed by atoms with van der Waals surface area (Å²) < 4.78 is 14.0. The summed E-state index contributed by atoms with van der Waals surface area (Å²) in [5.74, 6) is 0. The zero-order valence-corrected chi connectivity index (χ0v) is 5.15. The maximum atomic E-state index is 9.78. The van der Waals surface area contributed by atoms with Crippen LogP contribution in [0, 0.1) is 0 Å². The van der Waals surface area contributed by atoms with Gasteiger partial charge in [-0.05, 0) is 4.57 Å². The van der Waals surface area contributed by atoms with Gasteiger partial charge in [-0.1, -0.05) is 0 Å². The summed E-state index contributed by atoms with van der Waals surface area (Å²) in [5, 5.41) is 8.00. The van der Waals surface area contributed by atoms with Gasteiger partial charge in [0.25, 0.3) is 0 Å².